The van der Waals surface area contributed by atoms with Crippen LogP contribution in [0.1, 0.15) is 37.0 Å². The van der Waals surface area contributed by atoms with Gasteiger partial charge >= 0.3 is 0 Å². The van der Waals surface area contributed by atoms with Crippen molar-refractivity contribution in [3.05, 3.63) is 46.0 Å². The van der Waals surface area contributed by atoms with Gasteiger partial charge in [-0.15, -0.1) is 0 Å². The molecule has 0 aromatic heterocycles. The van der Waals surface area contributed by atoms with Gasteiger partial charge in [0.1, 0.15) is 11.5 Å². The third-order valence-corrected chi connectivity index (χ3v) is 4.74. The minimum Gasteiger partial charge on any atom is -0.497 e. The van der Waals surface area contributed by atoms with Crippen LogP contribution in [0, 0.1) is 0 Å². The maximum atomic E-state index is 12.6. The van der Waals surface area contributed by atoms with Crippen LogP contribution in [0.2, 0.25) is 0 Å². The number of ether oxygens (including phenoxy) is 2. The molecule has 1 heterocycles. The van der Waals surface area contributed by atoms with Gasteiger partial charge in [-0.1, -0.05) is 25.1 Å². The van der Waals surface area contributed by atoms with Crippen molar-refractivity contribution in [3.63, 3.8) is 0 Å². The highest BCUT2D eigenvalue weighted by molar-refractivity contribution is 8.06. The predicted octanol–water partition coefficient (Wildman–Crippen LogP) is 4.44. The fraction of sp³-hybridized carbons (Fsp3) is 0.389. The number of thioether (sulfide) groups is 1. The van der Waals surface area contributed by atoms with E-state index in [0.29, 0.717) is 17.1 Å². The standard InChI is InChI=1S/C18H23NO3S/c1-5-6-9-19-13(2)12-23-18(19)11-16(20)15-8-7-14(21-3)10-17(15)22-4/h7-8,10-12H,5-6,9H2,1-4H3/b18-11-. The van der Waals surface area contributed by atoms with Crippen molar-refractivity contribution in [3.8, 4) is 11.5 Å². The number of rotatable bonds is 7. The van der Waals surface area contributed by atoms with Crippen molar-refractivity contribution in [2.75, 3.05) is 20.8 Å². The number of methoxy groups -OCH3 is 2. The second-order valence-corrected chi connectivity index (χ2v) is 6.18. The fourth-order valence-electron chi connectivity index (χ4n) is 2.35. The second-order valence-electron chi connectivity index (χ2n) is 5.30. The highest BCUT2D eigenvalue weighted by Crippen LogP contribution is 2.35. The lowest BCUT2D eigenvalue weighted by Crippen LogP contribution is -2.18. The topological polar surface area (TPSA) is 38.8 Å². The van der Waals surface area contributed by atoms with E-state index in [-0.39, 0.29) is 5.78 Å². The van der Waals surface area contributed by atoms with Crippen LogP contribution in [-0.2, 0) is 0 Å². The molecular weight excluding hydrogens is 310 g/mol. The van der Waals surface area contributed by atoms with Crippen molar-refractivity contribution in [1.82, 2.24) is 4.90 Å². The summed E-state index contributed by atoms with van der Waals surface area (Å²) in [5.41, 5.74) is 1.73. The Morgan fingerprint density at radius 3 is 2.74 bits per heavy atom. The molecule has 0 amide bonds. The Bertz CT molecular complexity index is 637. The molecule has 0 bridgehead atoms. The number of carbonyl (C=O) groups is 1. The summed E-state index contributed by atoms with van der Waals surface area (Å²) in [5, 5.41) is 3.05. The van der Waals surface area contributed by atoms with Crippen LogP contribution in [0.25, 0.3) is 0 Å². The average molecular weight is 333 g/mol. The summed E-state index contributed by atoms with van der Waals surface area (Å²) in [6.07, 6.45) is 3.92. The van der Waals surface area contributed by atoms with Crippen LogP contribution < -0.4 is 9.47 Å². The highest BCUT2D eigenvalue weighted by Gasteiger charge is 2.20. The quantitative estimate of drug-likeness (QED) is 0.545. The number of allylic oxidation sites excluding steroid dienone is 2. The van der Waals surface area contributed by atoms with Gasteiger partial charge in [-0.2, -0.15) is 0 Å². The molecule has 0 aliphatic carbocycles. The predicted molar refractivity (Wildman–Crippen MR) is 94.9 cm³/mol. The van der Waals surface area contributed by atoms with Crippen LogP contribution in [0.4, 0.5) is 0 Å². The Balaban J connectivity index is 2.23. The van der Waals surface area contributed by atoms with Crippen molar-refractivity contribution < 1.29 is 14.3 Å². The van der Waals surface area contributed by atoms with Gasteiger partial charge in [0, 0.05) is 24.4 Å². The Morgan fingerprint density at radius 2 is 2.09 bits per heavy atom. The Morgan fingerprint density at radius 1 is 1.30 bits per heavy atom. The molecule has 4 nitrogen and oxygen atoms in total. The lowest BCUT2D eigenvalue weighted by molar-refractivity contribution is 0.104. The summed E-state index contributed by atoms with van der Waals surface area (Å²) in [4.78, 5) is 14.8. The van der Waals surface area contributed by atoms with E-state index in [1.165, 1.54) is 5.70 Å². The summed E-state index contributed by atoms with van der Waals surface area (Å²) < 4.78 is 10.5. The molecule has 124 valence electrons. The molecule has 1 aliphatic rings. The molecule has 0 radical (unpaired) electrons. The molecular formula is C18H23NO3S. The lowest BCUT2D eigenvalue weighted by Gasteiger charge is -2.21. The van der Waals surface area contributed by atoms with Gasteiger partial charge in [-0.25, -0.2) is 0 Å². The fourth-order valence-corrected chi connectivity index (χ4v) is 3.31. The second kappa shape index (κ2) is 8.11. The lowest BCUT2D eigenvalue weighted by atomic mass is 10.1. The SMILES string of the molecule is CCCCN1C(C)=CS/C1=C\C(=O)c1ccc(OC)cc1OC. The first-order chi connectivity index (χ1) is 11.1. The van der Waals surface area contributed by atoms with Gasteiger partial charge < -0.3 is 14.4 Å². The zero-order chi connectivity index (χ0) is 16.8. The number of carbonyl (C=O) groups excluding carboxylic acids is 1. The van der Waals surface area contributed by atoms with Crippen LogP contribution >= 0.6 is 11.8 Å². The molecule has 0 unspecified atom stereocenters. The molecule has 5 heteroatoms. The van der Waals surface area contributed by atoms with E-state index >= 15 is 0 Å². The van der Waals surface area contributed by atoms with Gasteiger partial charge in [0.15, 0.2) is 5.78 Å². The first-order valence-corrected chi connectivity index (χ1v) is 8.57. The summed E-state index contributed by atoms with van der Waals surface area (Å²) in [5.74, 6) is 1.14. The van der Waals surface area contributed by atoms with E-state index in [1.54, 1.807) is 50.3 Å². The minimum absolute atomic E-state index is 0.0587. The molecule has 2 rings (SSSR count). The summed E-state index contributed by atoms with van der Waals surface area (Å²) in [7, 11) is 3.15. The van der Waals surface area contributed by atoms with Crippen LogP contribution in [0.15, 0.2) is 40.4 Å². The molecule has 0 spiro atoms. The molecule has 0 fully saturated rings. The van der Waals surface area contributed by atoms with E-state index in [4.69, 9.17) is 9.47 Å². The molecule has 0 saturated carbocycles. The van der Waals surface area contributed by atoms with Crippen LogP contribution in [-0.4, -0.2) is 31.4 Å². The molecule has 1 aromatic rings. The van der Waals surface area contributed by atoms with Crippen molar-refractivity contribution in [2.45, 2.75) is 26.7 Å². The maximum Gasteiger partial charge on any atom is 0.192 e. The average Bonchev–Trinajstić information content (AvgIpc) is 2.91. The van der Waals surface area contributed by atoms with Crippen molar-refractivity contribution in [1.29, 1.82) is 0 Å². The first-order valence-electron chi connectivity index (χ1n) is 7.69. The van der Waals surface area contributed by atoms with Crippen LogP contribution in [0.5, 0.6) is 11.5 Å². The summed E-state index contributed by atoms with van der Waals surface area (Å²) in [6, 6.07) is 5.24. The first kappa shape index (κ1) is 17.5. The normalized spacial score (nSPS) is 15.7. The Kier molecular flexibility index (Phi) is 6.16. The Labute approximate surface area is 142 Å². The molecule has 23 heavy (non-hydrogen) atoms. The van der Waals surface area contributed by atoms with Gasteiger partial charge in [0.05, 0.1) is 24.8 Å². The van der Waals surface area contributed by atoms with Crippen molar-refractivity contribution in [2.24, 2.45) is 0 Å². The van der Waals surface area contributed by atoms with E-state index in [1.807, 2.05) is 0 Å². The maximum absolute atomic E-state index is 12.6. The van der Waals surface area contributed by atoms with Crippen LogP contribution in [0.3, 0.4) is 0 Å². The Hall–Kier alpha value is -1.88. The number of unbranched alkanes of at least 4 members (excludes halogenated alkanes) is 1. The van der Waals surface area contributed by atoms with Gasteiger partial charge in [0.2, 0.25) is 0 Å². The third-order valence-electron chi connectivity index (χ3n) is 3.71. The molecule has 0 saturated heterocycles. The zero-order valence-electron chi connectivity index (χ0n) is 14.1. The monoisotopic (exact) mass is 333 g/mol. The highest BCUT2D eigenvalue weighted by atomic mass is 32.2. The van der Waals surface area contributed by atoms with Gasteiger partial charge in [-0.05, 0) is 30.9 Å². The zero-order valence-corrected chi connectivity index (χ0v) is 14.9. The van der Waals surface area contributed by atoms with E-state index in [0.717, 1.165) is 24.4 Å². The smallest absolute Gasteiger partial charge is 0.192 e. The number of hydrogen-bond acceptors (Lipinski definition) is 5. The molecule has 1 aromatic carbocycles. The summed E-state index contributed by atoms with van der Waals surface area (Å²) in [6.45, 7) is 5.17. The number of ketones is 1. The van der Waals surface area contributed by atoms with E-state index < -0.39 is 0 Å². The molecule has 0 atom stereocenters. The number of hydrogen-bond donors (Lipinski definition) is 0. The number of benzene rings is 1. The minimum atomic E-state index is -0.0587. The van der Waals surface area contributed by atoms with E-state index in [2.05, 4.69) is 24.2 Å². The molecule has 0 N–H and O–H groups in total. The third kappa shape index (κ3) is 4.10. The number of nitrogens with zero attached hydrogens (tertiary/aromatic N) is 1. The van der Waals surface area contributed by atoms with Gasteiger partial charge in [-0.3, -0.25) is 4.79 Å². The largest absolute Gasteiger partial charge is 0.497 e. The van der Waals surface area contributed by atoms with E-state index in [9.17, 15) is 4.79 Å². The molecule has 1 aliphatic heterocycles. The van der Waals surface area contributed by atoms with Gasteiger partial charge in [0.25, 0.3) is 0 Å². The van der Waals surface area contributed by atoms with Crippen molar-refractivity contribution >= 4 is 17.5 Å². The summed E-state index contributed by atoms with van der Waals surface area (Å²) >= 11 is 1.59.